The number of esters is 1. The fourth-order valence-electron chi connectivity index (χ4n) is 3.69. The minimum Gasteiger partial charge on any atom is -0.456 e. The third kappa shape index (κ3) is 3.61. The van der Waals surface area contributed by atoms with E-state index in [4.69, 9.17) is 4.74 Å². The first kappa shape index (κ1) is 19.1. The molecule has 0 aromatic heterocycles. The topological polar surface area (TPSA) is 80.8 Å². The molecular formula is C19H19F2NO5. The minimum absolute atomic E-state index is 0.145. The number of amides is 2. The number of hydrogen-bond donors (Lipinski definition) is 0. The molecule has 2 fully saturated rings. The van der Waals surface area contributed by atoms with Crippen LogP contribution < -0.4 is 0 Å². The van der Waals surface area contributed by atoms with Crippen LogP contribution in [-0.2, 0) is 19.1 Å². The van der Waals surface area contributed by atoms with Gasteiger partial charge in [0, 0.05) is 5.56 Å². The molecule has 8 heteroatoms. The molecule has 1 saturated heterocycles. The number of likely N-dealkylation sites (tertiary alicyclic amines) is 1. The van der Waals surface area contributed by atoms with Gasteiger partial charge in [0.25, 0.3) is 0 Å². The molecule has 1 saturated carbocycles. The molecule has 0 bridgehead atoms. The molecule has 1 aromatic rings. The summed E-state index contributed by atoms with van der Waals surface area (Å²) >= 11 is 0. The smallest absolute Gasteiger partial charge is 0.329 e. The zero-order valence-electron chi connectivity index (χ0n) is 14.7. The monoisotopic (exact) mass is 379 g/mol. The van der Waals surface area contributed by atoms with Crippen LogP contribution in [-0.4, -0.2) is 41.1 Å². The predicted octanol–water partition coefficient (Wildman–Crippen LogP) is 2.25. The first-order valence-electron chi connectivity index (χ1n) is 8.83. The largest absolute Gasteiger partial charge is 0.456 e. The molecule has 2 amide bonds. The lowest BCUT2D eigenvalue weighted by atomic mass is 9.81. The molecule has 0 radical (unpaired) electrons. The van der Waals surface area contributed by atoms with Gasteiger partial charge in [0.1, 0.15) is 6.04 Å². The summed E-state index contributed by atoms with van der Waals surface area (Å²) in [7, 11) is 0. The van der Waals surface area contributed by atoms with Crippen molar-refractivity contribution in [2.24, 2.45) is 11.8 Å². The Morgan fingerprint density at radius 3 is 2.26 bits per heavy atom. The van der Waals surface area contributed by atoms with Gasteiger partial charge in [-0.25, -0.2) is 13.6 Å². The van der Waals surface area contributed by atoms with Gasteiger partial charge in [-0.2, -0.15) is 0 Å². The first-order valence-corrected chi connectivity index (χ1v) is 8.83. The van der Waals surface area contributed by atoms with Crippen molar-refractivity contribution >= 4 is 23.6 Å². The van der Waals surface area contributed by atoms with Gasteiger partial charge in [0.05, 0.1) is 11.8 Å². The summed E-state index contributed by atoms with van der Waals surface area (Å²) in [5.41, 5.74) is -0.145. The van der Waals surface area contributed by atoms with Crippen LogP contribution in [0.3, 0.4) is 0 Å². The molecule has 6 nitrogen and oxygen atoms in total. The van der Waals surface area contributed by atoms with Gasteiger partial charge in [-0.15, -0.1) is 0 Å². The molecule has 3 rings (SSSR count). The van der Waals surface area contributed by atoms with Crippen molar-refractivity contribution in [2.75, 3.05) is 6.61 Å². The van der Waals surface area contributed by atoms with Gasteiger partial charge in [-0.3, -0.25) is 19.3 Å². The molecular weight excluding hydrogens is 360 g/mol. The Morgan fingerprint density at radius 1 is 1.11 bits per heavy atom. The summed E-state index contributed by atoms with van der Waals surface area (Å²) in [5.74, 6) is -5.41. The zero-order valence-corrected chi connectivity index (χ0v) is 14.7. The zero-order chi connectivity index (χ0) is 19.7. The summed E-state index contributed by atoms with van der Waals surface area (Å²) in [6.45, 7) is 0.675. The fraction of sp³-hybridized carbons (Fsp3) is 0.474. The average Bonchev–Trinajstić information content (AvgIpc) is 2.92. The molecule has 3 atom stereocenters. The van der Waals surface area contributed by atoms with E-state index in [1.165, 1.54) is 6.92 Å². The lowest BCUT2D eigenvalue weighted by molar-refractivity contribution is -0.157. The van der Waals surface area contributed by atoms with Crippen LogP contribution in [0.1, 0.15) is 43.0 Å². The fourth-order valence-corrected chi connectivity index (χ4v) is 3.69. The SMILES string of the molecule is C[C@@H](C(=O)OCC(=O)c1ccc(F)c(F)c1)N1C(=O)[C@@H]2CCCC[C@H]2C1=O. The number of nitrogens with zero attached hydrogens (tertiary/aromatic N) is 1. The standard InChI is InChI=1S/C19H19F2NO5/c1-10(22-17(24)12-4-2-3-5-13(12)18(22)25)19(26)27-9-16(23)11-6-7-14(20)15(21)8-11/h6-8,10,12-13H,2-5,9H2,1H3/t10-,12+,13+/m0/s1. The van der Waals surface area contributed by atoms with Crippen LogP contribution in [0.2, 0.25) is 0 Å². The molecule has 0 spiro atoms. The third-order valence-corrected chi connectivity index (χ3v) is 5.19. The number of ether oxygens (including phenoxy) is 1. The van der Waals surface area contributed by atoms with E-state index in [9.17, 15) is 28.0 Å². The van der Waals surface area contributed by atoms with Crippen LogP contribution in [0.15, 0.2) is 18.2 Å². The number of carbonyl (C=O) groups is 4. The Kier molecular flexibility index (Phi) is 5.34. The van der Waals surface area contributed by atoms with Crippen molar-refractivity contribution in [3.63, 3.8) is 0 Å². The normalized spacial score (nSPS) is 23.1. The molecule has 1 aliphatic carbocycles. The molecule has 27 heavy (non-hydrogen) atoms. The number of benzene rings is 1. The predicted molar refractivity (Wildman–Crippen MR) is 88.4 cm³/mol. The highest BCUT2D eigenvalue weighted by Crippen LogP contribution is 2.38. The Labute approximate surface area is 154 Å². The maximum atomic E-state index is 13.2. The van der Waals surface area contributed by atoms with Gasteiger partial charge in [-0.1, -0.05) is 12.8 Å². The van der Waals surface area contributed by atoms with Crippen molar-refractivity contribution < 1.29 is 32.7 Å². The van der Waals surface area contributed by atoms with Crippen molar-refractivity contribution in [2.45, 2.75) is 38.6 Å². The Balaban J connectivity index is 1.62. The number of fused-ring (bicyclic) bond motifs is 1. The van der Waals surface area contributed by atoms with Crippen LogP contribution in [0, 0.1) is 23.5 Å². The number of rotatable bonds is 5. The van der Waals surface area contributed by atoms with E-state index in [2.05, 4.69) is 0 Å². The summed E-state index contributed by atoms with van der Waals surface area (Å²) in [6, 6.07) is 1.45. The first-order chi connectivity index (χ1) is 12.8. The van der Waals surface area contributed by atoms with Crippen molar-refractivity contribution in [3.05, 3.63) is 35.4 Å². The Hall–Kier alpha value is -2.64. The number of Topliss-reactive ketones (excluding diaryl/α,β-unsaturated/α-hetero) is 1. The van der Waals surface area contributed by atoms with E-state index in [0.717, 1.165) is 29.9 Å². The molecule has 0 unspecified atom stereocenters. The summed E-state index contributed by atoms with van der Waals surface area (Å²) in [4.78, 5) is 50.1. The summed E-state index contributed by atoms with van der Waals surface area (Å²) in [5, 5.41) is 0. The molecule has 0 N–H and O–H groups in total. The third-order valence-electron chi connectivity index (χ3n) is 5.19. The van der Waals surface area contributed by atoms with Gasteiger partial charge in [0.2, 0.25) is 11.8 Å². The lowest BCUT2D eigenvalue weighted by Gasteiger charge is -2.21. The van der Waals surface area contributed by atoms with Crippen molar-refractivity contribution in [1.82, 2.24) is 4.90 Å². The Morgan fingerprint density at radius 2 is 1.70 bits per heavy atom. The summed E-state index contributed by atoms with van der Waals surface area (Å²) in [6.07, 6.45) is 3.00. The molecule has 1 aliphatic heterocycles. The van der Waals surface area contributed by atoms with Crippen LogP contribution >= 0.6 is 0 Å². The van der Waals surface area contributed by atoms with E-state index in [-0.39, 0.29) is 29.2 Å². The summed E-state index contributed by atoms with van der Waals surface area (Å²) < 4.78 is 31.0. The van der Waals surface area contributed by atoms with Crippen LogP contribution in [0.25, 0.3) is 0 Å². The number of hydrogen-bond acceptors (Lipinski definition) is 5. The van der Waals surface area contributed by atoms with E-state index in [1.807, 2.05) is 0 Å². The van der Waals surface area contributed by atoms with Gasteiger partial charge < -0.3 is 4.74 Å². The van der Waals surface area contributed by atoms with Crippen molar-refractivity contribution in [3.8, 4) is 0 Å². The second kappa shape index (κ2) is 7.54. The number of ketones is 1. The highest BCUT2D eigenvalue weighted by Gasteiger charge is 2.51. The maximum Gasteiger partial charge on any atom is 0.329 e. The van der Waals surface area contributed by atoms with E-state index in [1.54, 1.807) is 0 Å². The minimum atomic E-state index is -1.18. The quantitative estimate of drug-likeness (QED) is 0.445. The highest BCUT2D eigenvalue weighted by molar-refractivity contribution is 6.08. The van der Waals surface area contributed by atoms with Gasteiger partial charge in [-0.05, 0) is 38.0 Å². The second-order valence-electron chi connectivity index (χ2n) is 6.88. The second-order valence-corrected chi connectivity index (χ2v) is 6.88. The van der Waals surface area contributed by atoms with Crippen molar-refractivity contribution in [1.29, 1.82) is 0 Å². The van der Waals surface area contributed by atoms with E-state index in [0.29, 0.717) is 18.9 Å². The number of halogens is 2. The molecule has 1 heterocycles. The highest BCUT2D eigenvalue weighted by atomic mass is 19.2. The molecule has 2 aliphatic rings. The molecule has 1 aromatic carbocycles. The number of carbonyl (C=O) groups excluding carboxylic acids is 4. The number of imide groups is 1. The van der Waals surface area contributed by atoms with Crippen LogP contribution in [0.4, 0.5) is 8.78 Å². The maximum absolute atomic E-state index is 13.2. The lowest BCUT2D eigenvalue weighted by Crippen LogP contribution is -2.44. The van der Waals surface area contributed by atoms with E-state index >= 15 is 0 Å². The van der Waals surface area contributed by atoms with E-state index < -0.39 is 36.0 Å². The average molecular weight is 379 g/mol. The molecule has 144 valence electrons. The van der Waals surface area contributed by atoms with Crippen LogP contribution in [0.5, 0.6) is 0 Å². The van der Waals surface area contributed by atoms with Gasteiger partial charge in [0.15, 0.2) is 24.0 Å². The Bertz CT molecular complexity index is 785. The van der Waals surface area contributed by atoms with Gasteiger partial charge >= 0.3 is 5.97 Å².